The number of morpholine rings is 1. The van der Waals surface area contributed by atoms with Crippen LogP contribution in [0.4, 0.5) is 10.1 Å². The molecule has 0 saturated carbocycles. The third-order valence-electron chi connectivity index (χ3n) is 5.05. The molecule has 2 N–H and O–H groups in total. The van der Waals surface area contributed by atoms with E-state index >= 15 is 0 Å². The summed E-state index contributed by atoms with van der Waals surface area (Å²) in [7, 11) is 4.91. The molecule has 1 unspecified atom stereocenters. The molecular weight excluding hydrogens is 514 g/mol. The molecule has 1 aliphatic heterocycles. The number of hydrogen-bond acceptors (Lipinski definition) is 5. The quantitative estimate of drug-likeness (QED) is 0.316. The van der Waals surface area contributed by atoms with Crippen molar-refractivity contribution in [3.8, 4) is 11.5 Å². The average Bonchev–Trinajstić information content (AvgIpc) is 2.79. The lowest BCUT2D eigenvalue weighted by Crippen LogP contribution is -2.44. The minimum absolute atomic E-state index is 0. The SMILES string of the molecule is CN=C(NCC(c1cccc(F)c1)N1CCOCC1)Nc1ccc(OC)c(OC)c1.I. The fourth-order valence-corrected chi connectivity index (χ4v) is 3.48. The smallest absolute Gasteiger partial charge is 0.195 e. The highest BCUT2D eigenvalue weighted by atomic mass is 127. The van der Waals surface area contributed by atoms with Gasteiger partial charge in [0, 0.05) is 38.4 Å². The number of anilines is 1. The molecule has 31 heavy (non-hydrogen) atoms. The standard InChI is InChI=1S/C22H29FN4O3.HI/c1-24-22(26-18-7-8-20(28-2)21(14-18)29-3)25-15-19(27-9-11-30-12-10-27)16-5-4-6-17(23)13-16;/h4-8,13-14,19H,9-12,15H2,1-3H3,(H2,24,25,26);1H. The lowest BCUT2D eigenvalue weighted by molar-refractivity contribution is 0.0170. The first-order valence-corrected chi connectivity index (χ1v) is 9.91. The van der Waals surface area contributed by atoms with Gasteiger partial charge in [-0.15, -0.1) is 24.0 Å². The van der Waals surface area contributed by atoms with Crippen LogP contribution in [0.15, 0.2) is 47.5 Å². The van der Waals surface area contributed by atoms with Crippen LogP contribution >= 0.6 is 24.0 Å². The van der Waals surface area contributed by atoms with E-state index in [-0.39, 0.29) is 35.8 Å². The minimum Gasteiger partial charge on any atom is -0.493 e. The van der Waals surface area contributed by atoms with Crippen LogP contribution < -0.4 is 20.1 Å². The van der Waals surface area contributed by atoms with Gasteiger partial charge >= 0.3 is 0 Å². The van der Waals surface area contributed by atoms with Crippen LogP contribution in [-0.4, -0.2) is 65.0 Å². The first-order chi connectivity index (χ1) is 14.6. The zero-order chi connectivity index (χ0) is 21.3. The van der Waals surface area contributed by atoms with E-state index in [1.165, 1.54) is 6.07 Å². The second-order valence-corrected chi connectivity index (χ2v) is 6.87. The van der Waals surface area contributed by atoms with E-state index in [2.05, 4.69) is 20.5 Å². The van der Waals surface area contributed by atoms with E-state index in [9.17, 15) is 4.39 Å². The summed E-state index contributed by atoms with van der Waals surface area (Å²) in [5.41, 5.74) is 1.74. The predicted molar refractivity (Wildman–Crippen MR) is 131 cm³/mol. The van der Waals surface area contributed by atoms with Crippen molar-refractivity contribution in [2.75, 3.05) is 59.4 Å². The molecule has 2 aromatic rings. The van der Waals surface area contributed by atoms with Crippen LogP contribution in [0.3, 0.4) is 0 Å². The molecule has 0 bridgehead atoms. The van der Waals surface area contributed by atoms with Gasteiger partial charge in [-0.3, -0.25) is 9.89 Å². The number of aliphatic imine (C=N–C) groups is 1. The second-order valence-electron chi connectivity index (χ2n) is 6.87. The van der Waals surface area contributed by atoms with Crippen molar-refractivity contribution < 1.29 is 18.6 Å². The lowest BCUT2D eigenvalue weighted by atomic mass is 10.0. The van der Waals surface area contributed by atoms with E-state index < -0.39 is 0 Å². The number of nitrogens with one attached hydrogen (secondary N) is 2. The number of guanidine groups is 1. The summed E-state index contributed by atoms with van der Waals surface area (Å²) in [5.74, 6) is 1.66. The molecule has 0 radical (unpaired) electrons. The third kappa shape index (κ3) is 6.94. The molecule has 2 aromatic carbocycles. The lowest BCUT2D eigenvalue weighted by Gasteiger charge is -2.35. The van der Waals surface area contributed by atoms with E-state index in [0.717, 1.165) is 24.3 Å². The topological polar surface area (TPSA) is 67.4 Å². The zero-order valence-electron chi connectivity index (χ0n) is 18.1. The van der Waals surface area contributed by atoms with Crippen LogP contribution in [0, 0.1) is 5.82 Å². The summed E-state index contributed by atoms with van der Waals surface area (Å²) in [4.78, 5) is 6.62. The molecule has 9 heteroatoms. The van der Waals surface area contributed by atoms with Crippen molar-refractivity contribution in [2.24, 2.45) is 4.99 Å². The monoisotopic (exact) mass is 544 g/mol. The molecule has 0 amide bonds. The Hall–Kier alpha value is -2.11. The van der Waals surface area contributed by atoms with Crippen molar-refractivity contribution in [1.82, 2.24) is 10.2 Å². The van der Waals surface area contributed by atoms with Crippen LogP contribution in [0.25, 0.3) is 0 Å². The molecule has 7 nitrogen and oxygen atoms in total. The van der Waals surface area contributed by atoms with Crippen LogP contribution in [-0.2, 0) is 4.74 Å². The number of benzene rings is 2. The average molecular weight is 544 g/mol. The number of ether oxygens (including phenoxy) is 3. The molecule has 1 atom stereocenters. The molecule has 1 saturated heterocycles. The summed E-state index contributed by atoms with van der Waals surface area (Å²) >= 11 is 0. The number of halogens is 2. The summed E-state index contributed by atoms with van der Waals surface area (Å²) in [6, 6.07) is 12.3. The van der Waals surface area contributed by atoms with Gasteiger partial charge in [-0.25, -0.2) is 4.39 Å². The minimum atomic E-state index is -0.237. The largest absolute Gasteiger partial charge is 0.493 e. The van der Waals surface area contributed by atoms with E-state index in [1.807, 2.05) is 24.3 Å². The maximum atomic E-state index is 13.9. The number of hydrogen-bond donors (Lipinski definition) is 2. The molecule has 0 spiro atoms. The van der Waals surface area contributed by atoms with Gasteiger partial charge in [-0.05, 0) is 29.8 Å². The fraction of sp³-hybridized carbons (Fsp3) is 0.409. The Bertz CT molecular complexity index is 862. The highest BCUT2D eigenvalue weighted by Gasteiger charge is 2.23. The Balaban J connectivity index is 0.00000341. The van der Waals surface area contributed by atoms with Gasteiger partial charge in [-0.2, -0.15) is 0 Å². The summed E-state index contributed by atoms with van der Waals surface area (Å²) in [6.45, 7) is 3.50. The number of methoxy groups -OCH3 is 2. The highest BCUT2D eigenvalue weighted by molar-refractivity contribution is 14.0. The molecule has 1 fully saturated rings. The maximum Gasteiger partial charge on any atom is 0.195 e. The zero-order valence-corrected chi connectivity index (χ0v) is 20.4. The van der Waals surface area contributed by atoms with Crippen molar-refractivity contribution in [3.63, 3.8) is 0 Å². The Morgan fingerprint density at radius 3 is 2.52 bits per heavy atom. The summed E-state index contributed by atoms with van der Waals surface area (Å²) < 4.78 is 30.0. The summed E-state index contributed by atoms with van der Waals surface area (Å²) in [5, 5.41) is 6.62. The molecule has 170 valence electrons. The Morgan fingerprint density at radius 1 is 1.13 bits per heavy atom. The van der Waals surface area contributed by atoms with Crippen molar-refractivity contribution >= 4 is 35.6 Å². The van der Waals surface area contributed by atoms with Gasteiger partial charge in [0.05, 0.1) is 33.5 Å². The van der Waals surface area contributed by atoms with Crippen LogP contribution in [0.1, 0.15) is 11.6 Å². The van der Waals surface area contributed by atoms with Crippen LogP contribution in [0.2, 0.25) is 0 Å². The Morgan fingerprint density at radius 2 is 1.87 bits per heavy atom. The molecular formula is C22H30FIN4O3. The highest BCUT2D eigenvalue weighted by Crippen LogP contribution is 2.29. The van der Waals surface area contributed by atoms with Crippen LogP contribution in [0.5, 0.6) is 11.5 Å². The van der Waals surface area contributed by atoms with E-state index in [1.54, 1.807) is 33.4 Å². The molecule has 1 heterocycles. The van der Waals surface area contributed by atoms with Crippen molar-refractivity contribution in [3.05, 3.63) is 53.8 Å². The van der Waals surface area contributed by atoms with Gasteiger partial charge in [0.25, 0.3) is 0 Å². The normalized spacial score (nSPS) is 15.5. The first kappa shape index (κ1) is 25.2. The van der Waals surface area contributed by atoms with Gasteiger partial charge in [0.15, 0.2) is 17.5 Å². The van der Waals surface area contributed by atoms with Gasteiger partial charge < -0.3 is 24.8 Å². The summed E-state index contributed by atoms with van der Waals surface area (Å²) in [6.07, 6.45) is 0. The fourth-order valence-electron chi connectivity index (χ4n) is 3.48. The third-order valence-corrected chi connectivity index (χ3v) is 5.05. The molecule has 3 rings (SSSR count). The Kier molecular flexibility index (Phi) is 10.3. The predicted octanol–water partition coefficient (Wildman–Crippen LogP) is 3.52. The molecule has 0 aromatic heterocycles. The van der Waals surface area contributed by atoms with Crippen molar-refractivity contribution in [2.45, 2.75) is 6.04 Å². The van der Waals surface area contributed by atoms with E-state index in [4.69, 9.17) is 14.2 Å². The van der Waals surface area contributed by atoms with Gasteiger partial charge in [-0.1, -0.05) is 12.1 Å². The van der Waals surface area contributed by atoms with E-state index in [0.29, 0.717) is 37.2 Å². The van der Waals surface area contributed by atoms with Gasteiger partial charge in [0.2, 0.25) is 0 Å². The Labute approximate surface area is 200 Å². The second kappa shape index (κ2) is 12.7. The number of nitrogens with zero attached hydrogens (tertiary/aromatic N) is 2. The van der Waals surface area contributed by atoms with Crippen molar-refractivity contribution in [1.29, 1.82) is 0 Å². The van der Waals surface area contributed by atoms with Gasteiger partial charge in [0.1, 0.15) is 5.82 Å². The maximum absolute atomic E-state index is 13.9. The first-order valence-electron chi connectivity index (χ1n) is 9.91. The molecule has 1 aliphatic rings. The number of rotatable bonds is 7. The molecule has 0 aliphatic carbocycles.